The Kier molecular flexibility index (Phi) is 5.08. The highest BCUT2D eigenvalue weighted by atomic mass is 14.3. The number of benzene rings is 9. The van der Waals surface area contributed by atoms with Crippen molar-refractivity contribution in [1.82, 2.24) is 0 Å². The second-order valence-corrected chi connectivity index (χ2v) is 13.5. The molecule has 0 nitrogen and oxygen atoms in total. The van der Waals surface area contributed by atoms with E-state index in [1.807, 2.05) is 0 Å². The second kappa shape index (κ2) is 9.05. The quantitative estimate of drug-likeness (QED) is 0.168. The maximum absolute atomic E-state index is 2.50. The molecular formula is C46H32. The fourth-order valence-corrected chi connectivity index (χ4v) is 8.73. The van der Waals surface area contributed by atoms with Crippen LogP contribution in [0.2, 0.25) is 0 Å². The normalized spacial score (nSPS) is 12.3. The van der Waals surface area contributed by atoms with Crippen LogP contribution in [0.25, 0.3) is 98.0 Å². The van der Waals surface area contributed by atoms with Crippen LogP contribution in [-0.4, -0.2) is 0 Å². The number of aryl methyl sites for hydroxylation is 4. The summed E-state index contributed by atoms with van der Waals surface area (Å²) in [6.07, 6.45) is 0. The van der Waals surface area contributed by atoms with E-state index in [9.17, 15) is 0 Å². The van der Waals surface area contributed by atoms with Gasteiger partial charge in [0.05, 0.1) is 0 Å². The molecular weight excluding hydrogens is 553 g/mol. The van der Waals surface area contributed by atoms with Crippen molar-refractivity contribution in [2.45, 2.75) is 27.7 Å². The maximum Gasteiger partial charge on any atom is -0.00171 e. The van der Waals surface area contributed by atoms with E-state index in [-0.39, 0.29) is 0 Å². The molecule has 0 atom stereocenters. The lowest BCUT2D eigenvalue weighted by Gasteiger charge is -2.17. The summed E-state index contributed by atoms with van der Waals surface area (Å²) in [6.45, 7) is 8.99. The molecule has 1 aliphatic carbocycles. The van der Waals surface area contributed by atoms with Crippen LogP contribution in [0.15, 0.2) is 121 Å². The van der Waals surface area contributed by atoms with Gasteiger partial charge in [-0.15, -0.1) is 0 Å². The summed E-state index contributed by atoms with van der Waals surface area (Å²) in [4.78, 5) is 0. The zero-order chi connectivity index (χ0) is 30.8. The second-order valence-electron chi connectivity index (χ2n) is 13.5. The molecule has 10 rings (SSSR count). The van der Waals surface area contributed by atoms with Gasteiger partial charge in [0.15, 0.2) is 0 Å². The number of rotatable bonds is 1. The van der Waals surface area contributed by atoms with Gasteiger partial charge in [0.2, 0.25) is 0 Å². The van der Waals surface area contributed by atoms with Crippen molar-refractivity contribution < 1.29 is 0 Å². The molecule has 0 bridgehead atoms. The lowest BCUT2D eigenvalue weighted by Crippen LogP contribution is -1.90. The molecule has 0 saturated carbocycles. The standard InChI is InChI=1S/C46H32/c1-25-12-17-34-37(21-25)38(32-10-7-11-35-33(32)19-16-30-15-14-29-8-5-6-9-31(29)45(30)35)23-40-36-18-13-27(3)44-43-28(4)20-26(2)22-41(43)42(46(36)44)24-39(34)40/h5-24H,1-4H3. The molecule has 0 saturated heterocycles. The van der Waals surface area contributed by atoms with E-state index in [1.54, 1.807) is 0 Å². The molecule has 0 radical (unpaired) electrons. The monoisotopic (exact) mass is 584 g/mol. The Labute approximate surface area is 268 Å². The molecule has 0 fully saturated rings. The first-order chi connectivity index (χ1) is 22.5. The Morgan fingerprint density at radius 2 is 1.02 bits per heavy atom. The van der Waals surface area contributed by atoms with Gasteiger partial charge in [-0.25, -0.2) is 0 Å². The third kappa shape index (κ3) is 3.34. The first-order valence-corrected chi connectivity index (χ1v) is 16.4. The zero-order valence-corrected chi connectivity index (χ0v) is 26.5. The Hall–Kier alpha value is -5.46. The van der Waals surface area contributed by atoms with Gasteiger partial charge in [0.1, 0.15) is 0 Å². The van der Waals surface area contributed by atoms with Gasteiger partial charge in [0, 0.05) is 0 Å². The van der Waals surface area contributed by atoms with Gasteiger partial charge in [0.25, 0.3) is 0 Å². The lowest BCUT2D eigenvalue weighted by atomic mass is 9.86. The average molecular weight is 585 g/mol. The molecule has 9 aromatic carbocycles. The summed E-state index contributed by atoms with van der Waals surface area (Å²) < 4.78 is 0. The largest absolute Gasteiger partial charge is 0.0616 e. The molecule has 0 unspecified atom stereocenters. The summed E-state index contributed by atoms with van der Waals surface area (Å²) >= 11 is 0. The van der Waals surface area contributed by atoms with E-state index in [2.05, 4.69) is 149 Å². The number of fused-ring (bicyclic) bond motifs is 12. The fraction of sp³-hybridized carbons (Fsp3) is 0.0870. The van der Waals surface area contributed by atoms with Crippen molar-refractivity contribution in [2.24, 2.45) is 0 Å². The minimum Gasteiger partial charge on any atom is -0.0616 e. The summed E-state index contributed by atoms with van der Waals surface area (Å²) in [7, 11) is 0. The molecule has 0 aromatic heterocycles. The van der Waals surface area contributed by atoms with Gasteiger partial charge < -0.3 is 0 Å². The molecule has 1 aliphatic rings. The summed E-state index contributed by atoms with van der Waals surface area (Å²) in [6, 6.07) is 46.3. The van der Waals surface area contributed by atoms with E-state index in [0.717, 1.165) is 0 Å². The highest BCUT2D eigenvalue weighted by Crippen LogP contribution is 2.53. The van der Waals surface area contributed by atoms with Crippen LogP contribution in [-0.2, 0) is 0 Å². The summed E-state index contributed by atoms with van der Waals surface area (Å²) in [5, 5.41) is 15.9. The van der Waals surface area contributed by atoms with E-state index >= 15 is 0 Å². The van der Waals surface area contributed by atoms with Crippen LogP contribution >= 0.6 is 0 Å². The first-order valence-electron chi connectivity index (χ1n) is 16.4. The Balaban J connectivity index is 1.37. The van der Waals surface area contributed by atoms with Gasteiger partial charge in [-0.1, -0.05) is 120 Å². The minimum absolute atomic E-state index is 1.28. The third-order valence-electron chi connectivity index (χ3n) is 10.7. The lowest BCUT2D eigenvalue weighted by molar-refractivity contribution is 1.38. The van der Waals surface area contributed by atoms with Crippen molar-refractivity contribution in [2.75, 3.05) is 0 Å². The van der Waals surface area contributed by atoms with Crippen LogP contribution in [0, 0.1) is 27.7 Å². The minimum atomic E-state index is 1.28. The van der Waals surface area contributed by atoms with E-state index in [4.69, 9.17) is 0 Å². The third-order valence-corrected chi connectivity index (χ3v) is 10.7. The first kappa shape index (κ1) is 25.8. The molecule has 0 heterocycles. The van der Waals surface area contributed by atoms with E-state index in [0.29, 0.717) is 0 Å². The van der Waals surface area contributed by atoms with Gasteiger partial charge in [-0.3, -0.25) is 0 Å². The van der Waals surface area contributed by atoms with Crippen LogP contribution < -0.4 is 0 Å². The summed E-state index contributed by atoms with van der Waals surface area (Å²) in [5.41, 5.74) is 13.5. The molecule has 46 heavy (non-hydrogen) atoms. The smallest absolute Gasteiger partial charge is 0.00171 e. The molecule has 216 valence electrons. The fourth-order valence-electron chi connectivity index (χ4n) is 8.73. The van der Waals surface area contributed by atoms with Crippen LogP contribution in [0.5, 0.6) is 0 Å². The molecule has 0 amide bonds. The topological polar surface area (TPSA) is 0 Å². The molecule has 0 heteroatoms. The SMILES string of the molecule is Cc1cc(C)c2c(c1)-c1cc3c4ccc(C)cc4c(-c4cccc5c4ccc4ccc6ccccc6c45)cc3c3ccc(C)c-2c13. The summed E-state index contributed by atoms with van der Waals surface area (Å²) in [5.74, 6) is 0. The highest BCUT2D eigenvalue weighted by molar-refractivity contribution is 6.30. The van der Waals surface area contributed by atoms with Crippen LogP contribution in [0.3, 0.4) is 0 Å². The predicted octanol–water partition coefficient (Wildman–Crippen LogP) is 13.2. The van der Waals surface area contributed by atoms with E-state index < -0.39 is 0 Å². The van der Waals surface area contributed by atoms with Crippen molar-refractivity contribution in [3.63, 3.8) is 0 Å². The molecule has 0 aliphatic heterocycles. The molecule has 0 spiro atoms. The van der Waals surface area contributed by atoms with Crippen molar-refractivity contribution in [3.8, 4) is 33.4 Å². The Bertz CT molecular complexity index is 2830. The van der Waals surface area contributed by atoms with Crippen molar-refractivity contribution in [3.05, 3.63) is 144 Å². The Morgan fingerprint density at radius 1 is 0.304 bits per heavy atom. The number of hydrogen-bond acceptors (Lipinski definition) is 0. The van der Waals surface area contributed by atoms with Gasteiger partial charge in [-0.05, 0) is 149 Å². The zero-order valence-electron chi connectivity index (χ0n) is 26.5. The van der Waals surface area contributed by atoms with Crippen LogP contribution in [0.4, 0.5) is 0 Å². The maximum atomic E-state index is 2.50. The van der Waals surface area contributed by atoms with Gasteiger partial charge >= 0.3 is 0 Å². The Morgan fingerprint density at radius 3 is 1.93 bits per heavy atom. The predicted molar refractivity (Wildman–Crippen MR) is 200 cm³/mol. The molecule has 0 N–H and O–H groups in total. The number of hydrogen-bond donors (Lipinski definition) is 0. The van der Waals surface area contributed by atoms with Crippen molar-refractivity contribution >= 4 is 64.6 Å². The van der Waals surface area contributed by atoms with Crippen LogP contribution in [0.1, 0.15) is 22.3 Å². The van der Waals surface area contributed by atoms with E-state index in [1.165, 1.54) is 120 Å². The van der Waals surface area contributed by atoms with Crippen molar-refractivity contribution in [1.29, 1.82) is 0 Å². The van der Waals surface area contributed by atoms with Gasteiger partial charge in [-0.2, -0.15) is 0 Å². The highest BCUT2D eigenvalue weighted by Gasteiger charge is 2.27. The molecule has 9 aromatic rings. The average Bonchev–Trinajstić information content (AvgIpc) is 3.40.